The second kappa shape index (κ2) is 3.16. The zero-order chi connectivity index (χ0) is 12.1. The number of benzene rings is 1. The number of nitrogen functional groups attached to an aromatic ring is 1. The number of furan rings is 2. The zero-order valence-electron chi connectivity index (χ0n) is 9.21. The third-order valence-corrected chi connectivity index (χ3v) is 2.95. The van der Waals surface area contributed by atoms with Gasteiger partial charge >= 0.3 is 0 Å². The molecule has 0 spiro atoms. The number of rotatable bonds is 1. The maximum absolute atomic E-state index is 5.60. The van der Waals surface area contributed by atoms with Crippen molar-refractivity contribution >= 4 is 27.8 Å². The topological polar surface area (TPSA) is 78.3 Å². The number of anilines is 1. The third-order valence-electron chi connectivity index (χ3n) is 2.95. The van der Waals surface area contributed by atoms with Crippen molar-refractivity contribution in [3.63, 3.8) is 0 Å². The van der Waals surface area contributed by atoms with Crippen molar-refractivity contribution in [3.05, 3.63) is 36.8 Å². The van der Waals surface area contributed by atoms with Crippen molar-refractivity contribution in [2.45, 2.75) is 0 Å². The van der Waals surface area contributed by atoms with Crippen LogP contribution in [0.3, 0.4) is 0 Å². The molecule has 0 unspecified atom stereocenters. The molecule has 0 saturated heterocycles. The summed E-state index contributed by atoms with van der Waals surface area (Å²) in [4.78, 5) is 0. The predicted octanol–water partition coefficient (Wildman–Crippen LogP) is 3.42. The van der Waals surface area contributed by atoms with Gasteiger partial charge in [0.25, 0.3) is 0 Å². The Bertz CT molecular complexity index is 805. The minimum absolute atomic E-state index is 0.338. The molecule has 1 aromatic carbocycles. The fourth-order valence-corrected chi connectivity index (χ4v) is 2.19. The Morgan fingerprint density at radius 1 is 1.06 bits per heavy atom. The lowest BCUT2D eigenvalue weighted by atomic mass is 10.1. The lowest BCUT2D eigenvalue weighted by Gasteiger charge is -1.99. The van der Waals surface area contributed by atoms with E-state index >= 15 is 0 Å². The zero-order valence-corrected chi connectivity index (χ0v) is 9.21. The first kappa shape index (κ1) is 9.35. The Hall–Kier alpha value is -2.69. The van der Waals surface area contributed by atoms with Crippen molar-refractivity contribution in [1.29, 1.82) is 0 Å². The highest BCUT2D eigenvalue weighted by Crippen LogP contribution is 2.37. The molecule has 0 aliphatic rings. The van der Waals surface area contributed by atoms with Gasteiger partial charge < -0.3 is 19.1 Å². The van der Waals surface area contributed by atoms with E-state index in [1.54, 1.807) is 18.6 Å². The average Bonchev–Trinajstić information content (AvgIpc) is 3.04. The van der Waals surface area contributed by atoms with Crippen LogP contribution in [0.1, 0.15) is 0 Å². The summed E-state index contributed by atoms with van der Waals surface area (Å²) in [5.41, 5.74) is 7.91. The molecule has 5 nitrogen and oxygen atoms in total. The van der Waals surface area contributed by atoms with Gasteiger partial charge in [-0.3, -0.25) is 0 Å². The molecule has 0 atom stereocenters. The van der Waals surface area contributed by atoms with E-state index in [9.17, 15) is 0 Å². The van der Waals surface area contributed by atoms with E-state index in [0.29, 0.717) is 11.6 Å². The Labute approximate surface area is 101 Å². The van der Waals surface area contributed by atoms with Gasteiger partial charge in [0.2, 0.25) is 0 Å². The molecule has 4 aromatic rings. The average molecular weight is 240 g/mol. The largest absolute Gasteiger partial charge is 0.464 e. The monoisotopic (exact) mass is 240 g/mol. The van der Waals surface area contributed by atoms with Gasteiger partial charge in [0.15, 0.2) is 11.6 Å². The summed E-state index contributed by atoms with van der Waals surface area (Å²) in [5, 5.41) is 5.56. The van der Waals surface area contributed by atoms with E-state index in [1.165, 1.54) is 0 Å². The van der Waals surface area contributed by atoms with Gasteiger partial charge in [-0.2, -0.15) is 0 Å². The molecule has 0 fully saturated rings. The molecular weight excluding hydrogens is 232 g/mol. The van der Waals surface area contributed by atoms with Crippen LogP contribution in [0.25, 0.3) is 33.3 Å². The Morgan fingerprint density at radius 2 is 1.94 bits per heavy atom. The van der Waals surface area contributed by atoms with Crippen molar-refractivity contribution in [2.75, 3.05) is 5.73 Å². The molecule has 4 rings (SSSR count). The van der Waals surface area contributed by atoms with Gasteiger partial charge in [-0.15, -0.1) is 0 Å². The van der Waals surface area contributed by atoms with Gasteiger partial charge in [0, 0.05) is 16.8 Å². The summed E-state index contributed by atoms with van der Waals surface area (Å²) in [6.45, 7) is 0. The lowest BCUT2D eigenvalue weighted by Crippen LogP contribution is -1.80. The molecule has 0 radical (unpaired) electrons. The fourth-order valence-electron chi connectivity index (χ4n) is 2.19. The molecule has 3 heterocycles. The molecule has 0 aliphatic heterocycles. The first-order valence-electron chi connectivity index (χ1n) is 5.43. The summed E-state index contributed by atoms with van der Waals surface area (Å²) in [7, 11) is 0. The van der Waals surface area contributed by atoms with Crippen molar-refractivity contribution in [3.8, 4) is 11.3 Å². The Morgan fingerprint density at radius 3 is 2.78 bits per heavy atom. The quantitative estimate of drug-likeness (QED) is 0.551. The summed E-state index contributed by atoms with van der Waals surface area (Å²) < 4.78 is 16.2. The SMILES string of the molecule is Nc1cc(-c2c3ccoc3cc3ccoc23)on1. The Balaban J connectivity index is 2.21. The highest BCUT2D eigenvalue weighted by atomic mass is 16.5. The molecular formula is C13H8N2O3. The van der Waals surface area contributed by atoms with Crippen LogP contribution in [0, 0.1) is 0 Å². The molecule has 2 N–H and O–H groups in total. The number of fused-ring (bicyclic) bond motifs is 2. The molecule has 88 valence electrons. The molecule has 5 heteroatoms. The summed E-state index contributed by atoms with van der Waals surface area (Å²) in [6.07, 6.45) is 3.26. The van der Waals surface area contributed by atoms with Crippen LogP contribution in [0.4, 0.5) is 5.82 Å². The Kier molecular flexibility index (Phi) is 1.64. The fraction of sp³-hybridized carbons (Fsp3) is 0. The van der Waals surface area contributed by atoms with Crippen LogP contribution in [0.15, 0.2) is 50.1 Å². The molecule has 0 bridgehead atoms. The van der Waals surface area contributed by atoms with Crippen molar-refractivity contribution < 1.29 is 13.4 Å². The summed E-state index contributed by atoms with van der Waals surface area (Å²) in [5.74, 6) is 0.907. The van der Waals surface area contributed by atoms with E-state index in [2.05, 4.69) is 5.16 Å². The molecule has 3 aromatic heterocycles. The standard InChI is InChI=1S/C13H8N2O3/c14-11-6-10(18-15-11)12-8-2-4-16-9(8)5-7-1-3-17-13(7)12/h1-6H,(H2,14,15). The predicted molar refractivity (Wildman–Crippen MR) is 65.9 cm³/mol. The van der Waals surface area contributed by atoms with Gasteiger partial charge in [-0.05, 0) is 18.2 Å². The maximum Gasteiger partial charge on any atom is 0.173 e. The van der Waals surface area contributed by atoms with E-state index in [1.807, 2.05) is 18.2 Å². The number of nitrogens with two attached hydrogens (primary N) is 1. The van der Waals surface area contributed by atoms with Gasteiger partial charge in [-0.25, -0.2) is 0 Å². The number of aromatic nitrogens is 1. The normalized spacial score (nSPS) is 11.6. The first-order valence-corrected chi connectivity index (χ1v) is 5.43. The van der Waals surface area contributed by atoms with Crippen LogP contribution in [0.2, 0.25) is 0 Å². The van der Waals surface area contributed by atoms with E-state index in [4.69, 9.17) is 19.1 Å². The third kappa shape index (κ3) is 1.13. The lowest BCUT2D eigenvalue weighted by molar-refractivity contribution is 0.436. The van der Waals surface area contributed by atoms with Gasteiger partial charge in [0.05, 0.1) is 18.1 Å². The number of hydrogen-bond acceptors (Lipinski definition) is 5. The minimum atomic E-state index is 0.338. The molecule has 0 amide bonds. The maximum atomic E-state index is 5.60. The van der Waals surface area contributed by atoms with Crippen molar-refractivity contribution in [2.24, 2.45) is 0 Å². The highest BCUT2D eigenvalue weighted by Gasteiger charge is 2.17. The van der Waals surface area contributed by atoms with E-state index in [0.717, 1.165) is 27.5 Å². The molecule has 0 aliphatic carbocycles. The van der Waals surface area contributed by atoms with Crippen LogP contribution >= 0.6 is 0 Å². The molecule has 18 heavy (non-hydrogen) atoms. The number of nitrogens with zero attached hydrogens (tertiary/aromatic N) is 1. The second-order valence-corrected chi connectivity index (χ2v) is 4.04. The summed E-state index contributed by atoms with van der Waals surface area (Å²) >= 11 is 0. The van der Waals surface area contributed by atoms with E-state index < -0.39 is 0 Å². The smallest absolute Gasteiger partial charge is 0.173 e. The van der Waals surface area contributed by atoms with Crippen LogP contribution in [0.5, 0.6) is 0 Å². The van der Waals surface area contributed by atoms with Crippen molar-refractivity contribution in [1.82, 2.24) is 5.16 Å². The van der Waals surface area contributed by atoms with Crippen LogP contribution < -0.4 is 5.73 Å². The molecule has 0 saturated carbocycles. The first-order chi connectivity index (χ1) is 8.83. The highest BCUT2D eigenvalue weighted by molar-refractivity contribution is 6.08. The van der Waals surface area contributed by atoms with Gasteiger partial charge in [-0.1, -0.05) is 5.16 Å². The minimum Gasteiger partial charge on any atom is -0.464 e. The summed E-state index contributed by atoms with van der Waals surface area (Å²) in [6, 6.07) is 7.34. The second-order valence-electron chi connectivity index (χ2n) is 4.04. The van der Waals surface area contributed by atoms with Gasteiger partial charge in [0.1, 0.15) is 11.2 Å². The van der Waals surface area contributed by atoms with E-state index in [-0.39, 0.29) is 0 Å². The van der Waals surface area contributed by atoms with Crippen LogP contribution in [-0.2, 0) is 0 Å². The van der Waals surface area contributed by atoms with Crippen LogP contribution in [-0.4, -0.2) is 5.16 Å². The number of hydrogen-bond donors (Lipinski definition) is 1.